The van der Waals surface area contributed by atoms with Crippen LogP contribution in [0.15, 0.2) is 0 Å². The molecule has 0 aliphatic rings. The minimum absolute atomic E-state index is 0.0175. The maximum Gasteiger partial charge on any atom is 0.305 e. The minimum Gasteiger partial charge on any atom is -0.463 e. The normalized spacial score (nSPS) is 11.1. The van der Waals surface area contributed by atoms with Crippen molar-refractivity contribution in [1.82, 2.24) is 0 Å². The van der Waals surface area contributed by atoms with Gasteiger partial charge in [0, 0.05) is 25.7 Å². The van der Waals surface area contributed by atoms with Crippen LogP contribution in [0.2, 0.25) is 0 Å². The predicted molar refractivity (Wildman–Crippen MR) is 197 cm³/mol. The molecule has 0 atom stereocenters. The summed E-state index contributed by atoms with van der Waals surface area (Å²) < 4.78 is 52.1. The molecule has 318 valence electrons. The van der Waals surface area contributed by atoms with Crippen LogP contribution in [-0.2, 0) is 66.5 Å². The van der Waals surface area contributed by atoms with E-state index in [1.54, 1.807) is 0 Å². The molecule has 16 heteroatoms. The van der Waals surface area contributed by atoms with E-state index >= 15 is 0 Å². The van der Waals surface area contributed by atoms with Gasteiger partial charge in [-0.25, -0.2) is 0 Å². The number of esters is 4. The molecule has 2 N–H and O–H groups in total. The number of carbonyl (C=O) groups excluding carboxylic acids is 4. The molecule has 0 fully saturated rings. The van der Waals surface area contributed by atoms with Crippen LogP contribution in [-0.4, -0.2) is 153 Å². The maximum atomic E-state index is 11.9. The average molecular weight is 783 g/mol. The van der Waals surface area contributed by atoms with E-state index < -0.39 is 0 Å². The van der Waals surface area contributed by atoms with Crippen molar-refractivity contribution in [2.45, 2.75) is 103 Å². The van der Waals surface area contributed by atoms with Crippen molar-refractivity contribution < 1.29 is 76.8 Å². The summed E-state index contributed by atoms with van der Waals surface area (Å²) in [5.74, 6) is -0.941. The van der Waals surface area contributed by atoms with Gasteiger partial charge in [-0.15, -0.1) is 0 Å². The second-order valence-electron chi connectivity index (χ2n) is 12.2. The van der Waals surface area contributed by atoms with Crippen molar-refractivity contribution in [1.29, 1.82) is 0 Å². The van der Waals surface area contributed by atoms with Crippen LogP contribution >= 0.6 is 0 Å². The van der Waals surface area contributed by atoms with E-state index in [4.69, 9.17) is 57.6 Å². The van der Waals surface area contributed by atoms with Gasteiger partial charge in [-0.2, -0.15) is 0 Å². The lowest BCUT2D eigenvalue weighted by molar-refractivity contribution is -0.147. The molecule has 0 aliphatic heterocycles. The molecule has 0 heterocycles. The van der Waals surface area contributed by atoms with Crippen LogP contribution in [0.4, 0.5) is 0 Å². The Morgan fingerprint density at radius 2 is 0.444 bits per heavy atom. The first-order chi connectivity index (χ1) is 26.5. The molecule has 16 nitrogen and oxygen atoms in total. The van der Waals surface area contributed by atoms with Gasteiger partial charge in [0.25, 0.3) is 0 Å². The Morgan fingerprint density at radius 1 is 0.259 bits per heavy atom. The van der Waals surface area contributed by atoms with Gasteiger partial charge in [-0.1, -0.05) is 51.4 Å². The van der Waals surface area contributed by atoms with Crippen molar-refractivity contribution in [3.8, 4) is 0 Å². The van der Waals surface area contributed by atoms with E-state index in [0.717, 1.165) is 77.0 Å². The lowest BCUT2D eigenvalue weighted by Gasteiger charge is -2.08. The van der Waals surface area contributed by atoms with Crippen molar-refractivity contribution in [3.63, 3.8) is 0 Å². The molecule has 0 saturated carbocycles. The van der Waals surface area contributed by atoms with Gasteiger partial charge in [0.05, 0.1) is 92.5 Å². The maximum absolute atomic E-state index is 11.9. The SMILES string of the molecule is O=C(CCCCCCCCC(=O)OCCOCCOCCOC(=O)CCCCCCCCC(=O)OCCOCCOCCO)OCCOCCOCCO. The van der Waals surface area contributed by atoms with Gasteiger partial charge in [0.2, 0.25) is 0 Å². The zero-order chi connectivity index (χ0) is 39.4. The average Bonchev–Trinajstić information content (AvgIpc) is 3.16. The molecule has 0 bridgehead atoms. The number of hydrogen-bond donors (Lipinski definition) is 2. The number of aliphatic hydroxyl groups excluding tert-OH is 2. The summed E-state index contributed by atoms with van der Waals surface area (Å²) in [7, 11) is 0. The summed E-state index contributed by atoms with van der Waals surface area (Å²) in [6.45, 7) is 4.84. The number of rotatable bonds is 43. The molecule has 0 spiro atoms. The standard InChI is InChI=1S/C38H70O16/c39-17-19-45-21-23-47-27-31-51-35(41)13-9-5-1-3-7-11-15-37(43)53-33-29-49-25-26-50-30-34-54-38(44)16-12-8-4-2-6-10-14-36(42)52-32-28-48-24-22-46-20-18-40/h39-40H,1-34H2. The summed E-state index contributed by atoms with van der Waals surface area (Å²) in [5.41, 5.74) is 0. The summed E-state index contributed by atoms with van der Waals surface area (Å²) in [4.78, 5) is 47.2. The Morgan fingerprint density at radius 3 is 0.667 bits per heavy atom. The Kier molecular flexibility index (Phi) is 41.3. The largest absolute Gasteiger partial charge is 0.463 e. The minimum atomic E-state index is -0.242. The number of ether oxygens (including phenoxy) is 10. The highest BCUT2D eigenvalue weighted by Crippen LogP contribution is 2.11. The van der Waals surface area contributed by atoms with E-state index in [1.807, 2.05) is 0 Å². The highest BCUT2D eigenvalue weighted by atomic mass is 16.6. The number of hydrogen-bond acceptors (Lipinski definition) is 16. The summed E-state index contributed by atoms with van der Waals surface area (Å²) in [6.07, 6.45) is 12.3. The van der Waals surface area contributed by atoms with Gasteiger partial charge in [0.15, 0.2) is 0 Å². The fourth-order valence-corrected chi connectivity index (χ4v) is 4.73. The monoisotopic (exact) mass is 782 g/mol. The quantitative estimate of drug-likeness (QED) is 0.0517. The third-order valence-electron chi connectivity index (χ3n) is 7.57. The molecule has 54 heavy (non-hydrogen) atoms. The first-order valence-electron chi connectivity index (χ1n) is 19.8. The van der Waals surface area contributed by atoms with Crippen LogP contribution in [0.1, 0.15) is 103 Å². The predicted octanol–water partition coefficient (Wildman–Crippen LogP) is 3.49. The van der Waals surface area contributed by atoms with Gasteiger partial charge >= 0.3 is 23.9 Å². The third-order valence-corrected chi connectivity index (χ3v) is 7.57. The van der Waals surface area contributed by atoms with Crippen molar-refractivity contribution in [2.24, 2.45) is 0 Å². The molecule has 0 unspecified atom stereocenters. The second kappa shape index (κ2) is 43.3. The highest BCUT2D eigenvalue weighted by molar-refractivity contribution is 5.70. The zero-order valence-corrected chi connectivity index (χ0v) is 32.7. The smallest absolute Gasteiger partial charge is 0.305 e. The Hall–Kier alpha value is -2.44. The lowest BCUT2D eigenvalue weighted by Crippen LogP contribution is -2.15. The molecule has 0 rings (SSSR count). The Balaban J connectivity index is 3.33. The molecule has 0 amide bonds. The molecular weight excluding hydrogens is 712 g/mol. The molecule has 0 saturated heterocycles. The van der Waals surface area contributed by atoms with Crippen LogP contribution < -0.4 is 0 Å². The first kappa shape index (κ1) is 51.6. The topological polar surface area (TPSA) is 201 Å². The van der Waals surface area contributed by atoms with E-state index in [-0.39, 0.29) is 89.9 Å². The van der Waals surface area contributed by atoms with Crippen LogP contribution in [0, 0.1) is 0 Å². The highest BCUT2D eigenvalue weighted by Gasteiger charge is 2.07. The molecule has 0 aromatic rings. The van der Waals surface area contributed by atoms with Crippen LogP contribution in [0.25, 0.3) is 0 Å². The van der Waals surface area contributed by atoms with Gasteiger partial charge in [-0.3, -0.25) is 19.2 Å². The lowest BCUT2D eigenvalue weighted by atomic mass is 10.1. The third kappa shape index (κ3) is 42.3. The molecule has 0 aromatic carbocycles. The van der Waals surface area contributed by atoms with E-state index in [9.17, 15) is 19.2 Å². The summed E-state index contributed by atoms with van der Waals surface area (Å²) in [6, 6.07) is 0. The molecule has 0 aliphatic carbocycles. The molecule has 0 aromatic heterocycles. The number of aliphatic hydroxyl groups is 2. The Bertz CT molecular complexity index is 791. The van der Waals surface area contributed by atoms with E-state index in [1.165, 1.54) is 0 Å². The Labute approximate surface area is 322 Å². The van der Waals surface area contributed by atoms with Gasteiger partial charge in [0.1, 0.15) is 26.4 Å². The van der Waals surface area contributed by atoms with Gasteiger partial charge < -0.3 is 57.6 Å². The number of unbranched alkanes of at least 4 members (excludes halogenated alkanes) is 10. The van der Waals surface area contributed by atoms with Crippen molar-refractivity contribution >= 4 is 23.9 Å². The van der Waals surface area contributed by atoms with Crippen molar-refractivity contribution in [3.05, 3.63) is 0 Å². The van der Waals surface area contributed by atoms with E-state index in [0.29, 0.717) is 78.5 Å². The second-order valence-corrected chi connectivity index (χ2v) is 12.2. The summed E-state index contributed by atoms with van der Waals surface area (Å²) in [5, 5.41) is 17.2. The fraction of sp³-hybridized carbons (Fsp3) is 0.895. The summed E-state index contributed by atoms with van der Waals surface area (Å²) >= 11 is 0. The fourth-order valence-electron chi connectivity index (χ4n) is 4.73. The van der Waals surface area contributed by atoms with Crippen LogP contribution in [0.5, 0.6) is 0 Å². The molecule has 0 radical (unpaired) electrons. The molecular formula is C38H70O16. The number of carbonyl (C=O) groups is 4. The van der Waals surface area contributed by atoms with E-state index in [2.05, 4.69) is 0 Å². The zero-order valence-electron chi connectivity index (χ0n) is 32.7. The van der Waals surface area contributed by atoms with Crippen molar-refractivity contribution in [2.75, 3.05) is 119 Å². The van der Waals surface area contributed by atoms with Gasteiger partial charge in [-0.05, 0) is 25.7 Å². The first-order valence-corrected chi connectivity index (χ1v) is 19.8. The van der Waals surface area contributed by atoms with Crippen LogP contribution in [0.3, 0.4) is 0 Å².